The van der Waals surface area contributed by atoms with Crippen LogP contribution < -0.4 is 5.73 Å². The van der Waals surface area contributed by atoms with E-state index in [1.807, 2.05) is 0 Å². The first-order valence-electron chi connectivity index (χ1n) is 3.81. The molecule has 4 nitrogen and oxygen atoms in total. The van der Waals surface area contributed by atoms with E-state index in [0.717, 1.165) is 0 Å². The number of rotatable bonds is 3. The molecule has 1 rings (SSSR count). The Bertz CT molecular complexity index is 359. The van der Waals surface area contributed by atoms with E-state index >= 15 is 0 Å². The fraction of sp³-hybridized carbons (Fsp3) is 0.250. The van der Waals surface area contributed by atoms with E-state index in [1.165, 1.54) is 18.2 Å². The number of nitro benzene ring substituents is 1. The van der Waals surface area contributed by atoms with Crippen molar-refractivity contribution in [3.8, 4) is 0 Å². The lowest BCUT2D eigenvalue weighted by Crippen LogP contribution is -2.14. The SMILES string of the molecule is NC(CF)c1cc(Cl)ccc1[N+](=O)[O-]. The van der Waals surface area contributed by atoms with Gasteiger partial charge in [0.25, 0.3) is 5.69 Å². The average molecular weight is 219 g/mol. The largest absolute Gasteiger partial charge is 0.322 e. The van der Waals surface area contributed by atoms with Crippen molar-refractivity contribution < 1.29 is 9.31 Å². The van der Waals surface area contributed by atoms with Gasteiger partial charge in [-0.25, -0.2) is 4.39 Å². The van der Waals surface area contributed by atoms with Crippen LogP contribution in [0.25, 0.3) is 0 Å². The molecular formula is C8H8ClFN2O2. The van der Waals surface area contributed by atoms with Crippen LogP contribution in [-0.2, 0) is 0 Å². The lowest BCUT2D eigenvalue weighted by Gasteiger charge is -2.07. The molecule has 0 spiro atoms. The second-order valence-electron chi connectivity index (χ2n) is 2.72. The highest BCUT2D eigenvalue weighted by Gasteiger charge is 2.19. The quantitative estimate of drug-likeness (QED) is 0.625. The average Bonchev–Trinajstić information content (AvgIpc) is 2.16. The number of nitro groups is 1. The molecule has 0 radical (unpaired) electrons. The minimum atomic E-state index is -1.01. The summed E-state index contributed by atoms with van der Waals surface area (Å²) in [5.41, 5.74) is 5.27. The van der Waals surface area contributed by atoms with Crippen LogP contribution in [0.5, 0.6) is 0 Å². The molecule has 0 aliphatic heterocycles. The van der Waals surface area contributed by atoms with Gasteiger partial charge in [0.15, 0.2) is 0 Å². The predicted octanol–water partition coefficient (Wildman–Crippen LogP) is 2.22. The van der Waals surface area contributed by atoms with Crippen molar-refractivity contribution in [3.63, 3.8) is 0 Å². The summed E-state index contributed by atoms with van der Waals surface area (Å²) in [7, 11) is 0. The highest BCUT2D eigenvalue weighted by atomic mass is 35.5. The van der Waals surface area contributed by atoms with Gasteiger partial charge in [0.2, 0.25) is 0 Å². The van der Waals surface area contributed by atoms with Gasteiger partial charge in [-0.15, -0.1) is 0 Å². The van der Waals surface area contributed by atoms with Crippen LogP contribution in [-0.4, -0.2) is 11.6 Å². The van der Waals surface area contributed by atoms with Crippen molar-refractivity contribution in [1.82, 2.24) is 0 Å². The number of nitrogens with zero attached hydrogens (tertiary/aromatic N) is 1. The molecule has 1 aromatic carbocycles. The minimum absolute atomic E-state index is 0.116. The van der Waals surface area contributed by atoms with Gasteiger partial charge in [0, 0.05) is 11.1 Å². The summed E-state index contributed by atoms with van der Waals surface area (Å²) in [6, 6.07) is 2.89. The normalized spacial score (nSPS) is 12.5. The van der Waals surface area contributed by atoms with Crippen LogP contribution in [0.15, 0.2) is 18.2 Å². The summed E-state index contributed by atoms with van der Waals surface area (Å²) in [6.07, 6.45) is 0. The molecule has 1 atom stereocenters. The Morgan fingerprint density at radius 2 is 2.29 bits per heavy atom. The zero-order chi connectivity index (χ0) is 10.7. The lowest BCUT2D eigenvalue weighted by molar-refractivity contribution is -0.385. The number of hydrogen-bond donors (Lipinski definition) is 1. The summed E-state index contributed by atoms with van der Waals surface area (Å²) < 4.78 is 12.3. The fourth-order valence-electron chi connectivity index (χ4n) is 1.07. The first kappa shape index (κ1) is 10.9. The van der Waals surface area contributed by atoms with E-state index in [2.05, 4.69) is 0 Å². The van der Waals surface area contributed by atoms with Crippen LogP contribution in [0.1, 0.15) is 11.6 Å². The topological polar surface area (TPSA) is 69.2 Å². The van der Waals surface area contributed by atoms with Gasteiger partial charge >= 0.3 is 0 Å². The smallest absolute Gasteiger partial charge is 0.274 e. The van der Waals surface area contributed by atoms with Crippen LogP contribution >= 0.6 is 11.6 Å². The van der Waals surface area contributed by atoms with Crippen molar-refractivity contribution in [3.05, 3.63) is 38.9 Å². The summed E-state index contributed by atoms with van der Waals surface area (Å²) in [5.74, 6) is 0. The molecule has 0 aliphatic rings. The summed E-state index contributed by atoms with van der Waals surface area (Å²) in [4.78, 5) is 9.93. The Morgan fingerprint density at radius 1 is 1.64 bits per heavy atom. The molecule has 0 saturated carbocycles. The first-order valence-corrected chi connectivity index (χ1v) is 4.19. The third kappa shape index (κ3) is 2.18. The molecule has 0 heterocycles. The molecule has 0 bridgehead atoms. The first-order chi connectivity index (χ1) is 6.56. The molecule has 0 amide bonds. The Morgan fingerprint density at radius 3 is 2.79 bits per heavy atom. The van der Waals surface area contributed by atoms with Gasteiger partial charge in [-0.1, -0.05) is 11.6 Å². The van der Waals surface area contributed by atoms with Gasteiger partial charge in [0.05, 0.1) is 16.5 Å². The molecule has 0 aliphatic carbocycles. The summed E-state index contributed by atoms with van der Waals surface area (Å²) >= 11 is 5.62. The number of halogens is 2. The monoisotopic (exact) mass is 218 g/mol. The molecule has 6 heteroatoms. The standard InChI is InChI=1S/C8H8ClFN2O2/c9-5-1-2-8(12(13)14)6(3-5)7(11)4-10/h1-3,7H,4,11H2. The van der Waals surface area contributed by atoms with E-state index in [9.17, 15) is 14.5 Å². The van der Waals surface area contributed by atoms with Crippen LogP contribution in [0, 0.1) is 10.1 Å². The van der Waals surface area contributed by atoms with Crippen molar-refractivity contribution in [2.75, 3.05) is 6.67 Å². The van der Waals surface area contributed by atoms with Crippen molar-refractivity contribution in [2.45, 2.75) is 6.04 Å². The van der Waals surface area contributed by atoms with E-state index < -0.39 is 17.6 Å². The molecule has 0 fully saturated rings. The van der Waals surface area contributed by atoms with Gasteiger partial charge in [-0.05, 0) is 12.1 Å². The van der Waals surface area contributed by atoms with E-state index in [4.69, 9.17) is 17.3 Å². The Hall–Kier alpha value is -1.20. The van der Waals surface area contributed by atoms with Gasteiger partial charge in [-0.2, -0.15) is 0 Å². The minimum Gasteiger partial charge on any atom is -0.322 e. The van der Waals surface area contributed by atoms with Gasteiger partial charge < -0.3 is 5.73 Å². The number of hydrogen-bond acceptors (Lipinski definition) is 3. The maximum absolute atomic E-state index is 12.3. The molecular weight excluding hydrogens is 211 g/mol. The van der Waals surface area contributed by atoms with Crippen molar-refractivity contribution >= 4 is 17.3 Å². The van der Waals surface area contributed by atoms with Crippen LogP contribution in [0.4, 0.5) is 10.1 Å². The van der Waals surface area contributed by atoms with Crippen molar-refractivity contribution in [2.24, 2.45) is 5.73 Å². The molecule has 76 valence electrons. The van der Waals surface area contributed by atoms with E-state index in [-0.39, 0.29) is 11.3 Å². The molecule has 14 heavy (non-hydrogen) atoms. The van der Waals surface area contributed by atoms with Gasteiger partial charge in [-0.3, -0.25) is 10.1 Å². The lowest BCUT2D eigenvalue weighted by atomic mass is 10.1. The molecule has 0 aromatic heterocycles. The second kappa shape index (κ2) is 4.34. The molecule has 2 N–H and O–H groups in total. The highest BCUT2D eigenvalue weighted by molar-refractivity contribution is 6.30. The summed E-state index contributed by atoms with van der Waals surface area (Å²) in [5, 5.41) is 10.8. The zero-order valence-electron chi connectivity index (χ0n) is 7.11. The summed E-state index contributed by atoms with van der Waals surface area (Å²) in [6.45, 7) is -0.860. The Balaban J connectivity index is 3.22. The third-order valence-corrected chi connectivity index (χ3v) is 1.99. The molecule has 1 unspecified atom stereocenters. The van der Waals surface area contributed by atoms with Gasteiger partial charge in [0.1, 0.15) is 6.67 Å². The molecule has 0 saturated heterocycles. The third-order valence-electron chi connectivity index (χ3n) is 1.75. The van der Waals surface area contributed by atoms with Crippen molar-refractivity contribution in [1.29, 1.82) is 0 Å². The maximum atomic E-state index is 12.3. The highest BCUT2D eigenvalue weighted by Crippen LogP contribution is 2.27. The number of nitrogens with two attached hydrogens (primary N) is 1. The predicted molar refractivity (Wildman–Crippen MR) is 51.0 cm³/mol. The molecule has 1 aromatic rings. The van der Waals surface area contributed by atoms with E-state index in [1.54, 1.807) is 0 Å². The van der Waals surface area contributed by atoms with Crippen LogP contribution in [0.3, 0.4) is 0 Å². The van der Waals surface area contributed by atoms with Crippen LogP contribution in [0.2, 0.25) is 5.02 Å². The zero-order valence-corrected chi connectivity index (χ0v) is 7.87. The second-order valence-corrected chi connectivity index (χ2v) is 3.16. The number of alkyl halides is 1. The maximum Gasteiger partial charge on any atom is 0.274 e. The van der Waals surface area contributed by atoms with E-state index in [0.29, 0.717) is 5.02 Å². The Labute approximate surface area is 84.6 Å². The number of benzene rings is 1. The Kier molecular flexibility index (Phi) is 3.38. The fourth-order valence-corrected chi connectivity index (χ4v) is 1.25.